The minimum atomic E-state index is -0.176. The van der Waals surface area contributed by atoms with Crippen LogP contribution in [0.4, 0.5) is 0 Å². The number of ether oxygens (including phenoxy) is 1. The van der Waals surface area contributed by atoms with Gasteiger partial charge < -0.3 is 10.1 Å². The Morgan fingerprint density at radius 3 is 2.76 bits per heavy atom. The molecule has 0 aromatic heterocycles. The summed E-state index contributed by atoms with van der Waals surface area (Å²) in [4.78, 5) is 11.7. The molecule has 0 radical (unpaired) electrons. The molecule has 0 aliphatic carbocycles. The molecule has 17 heavy (non-hydrogen) atoms. The van der Waals surface area contributed by atoms with Crippen LogP contribution in [0.5, 0.6) is 5.75 Å². The lowest BCUT2D eigenvalue weighted by atomic mass is 10.1. The molecular formula is C13H18ClNO2. The van der Waals surface area contributed by atoms with Gasteiger partial charge in [-0.25, -0.2) is 0 Å². The summed E-state index contributed by atoms with van der Waals surface area (Å²) in [5, 5.41) is 2.92. The monoisotopic (exact) mass is 255 g/mol. The molecule has 1 rings (SSSR count). The molecule has 0 saturated carbocycles. The third-order valence-corrected chi connectivity index (χ3v) is 3.09. The zero-order chi connectivity index (χ0) is 12.8. The van der Waals surface area contributed by atoms with Crippen LogP contribution in [0.15, 0.2) is 24.3 Å². The second-order valence-corrected chi connectivity index (χ2v) is 4.37. The van der Waals surface area contributed by atoms with Crippen molar-refractivity contribution >= 4 is 17.5 Å². The van der Waals surface area contributed by atoms with Gasteiger partial charge in [-0.1, -0.05) is 19.1 Å². The quantitative estimate of drug-likeness (QED) is 0.822. The number of carbonyl (C=O) groups excluding carboxylic acids is 1. The first-order valence-electron chi connectivity index (χ1n) is 5.58. The van der Waals surface area contributed by atoms with Crippen LogP contribution in [0, 0.1) is 5.92 Å². The molecule has 0 saturated heterocycles. The molecule has 2 atom stereocenters. The summed E-state index contributed by atoms with van der Waals surface area (Å²) in [6.07, 6.45) is 0. The number of carbonyl (C=O) groups is 1. The second kappa shape index (κ2) is 6.50. The van der Waals surface area contributed by atoms with Gasteiger partial charge in [-0.3, -0.25) is 4.79 Å². The maximum Gasteiger partial charge on any atom is 0.224 e. The Kier molecular flexibility index (Phi) is 5.29. The molecule has 0 aliphatic heterocycles. The number of methoxy groups -OCH3 is 1. The maximum atomic E-state index is 11.7. The summed E-state index contributed by atoms with van der Waals surface area (Å²) in [6, 6.07) is 7.60. The summed E-state index contributed by atoms with van der Waals surface area (Å²) < 4.78 is 5.14. The van der Waals surface area contributed by atoms with Crippen LogP contribution in [0.25, 0.3) is 0 Å². The highest BCUT2D eigenvalue weighted by molar-refractivity contribution is 6.19. The van der Waals surface area contributed by atoms with E-state index in [2.05, 4.69) is 5.32 Å². The SMILES string of the molecule is COc1cccc(C(C)NC(=O)C(C)CCl)c1. The lowest BCUT2D eigenvalue weighted by Gasteiger charge is -2.17. The van der Waals surface area contributed by atoms with Crippen molar-refractivity contribution in [3.63, 3.8) is 0 Å². The summed E-state index contributed by atoms with van der Waals surface area (Å²) in [7, 11) is 1.62. The average molecular weight is 256 g/mol. The molecule has 1 aromatic carbocycles. The van der Waals surface area contributed by atoms with E-state index in [0.29, 0.717) is 5.88 Å². The Bertz CT molecular complexity index is 381. The van der Waals surface area contributed by atoms with Crippen molar-refractivity contribution in [2.24, 2.45) is 5.92 Å². The van der Waals surface area contributed by atoms with Crippen LogP contribution in [-0.4, -0.2) is 18.9 Å². The Balaban J connectivity index is 2.69. The van der Waals surface area contributed by atoms with Crippen LogP contribution >= 0.6 is 11.6 Å². The highest BCUT2D eigenvalue weighted by atomic mass is 35.5. The molecule has 94 valence electrons. The predicted octanol–water partition coefficient (Wildman–Crippen LogP) is 2.75. The number of halogens is 1. The summed E-state index contributed by atoms with van der Waals surface area (Å²) in [5.74, 6) is 0.908. The predicted molar refractivity (Wildman–Crippen MR) is 69.4 cm³/mol. The van der Waals surface area contributed by atoms with Gasteiger partial charge in [0.15, 0.2) is 0 Å². The topological polar surface area (TPSA) is 38.3 Å². The largest absolute Gasteiger partial charge is 0.497 e. The zero-order valence-electron chi connectivity index (χ0n) is 10.4. The second-order valence-electron chi connectivity index (χ2n) is 4.06. The lowest BCUT2D eigenvalue weighted by molar-refractivity contribution is -0.124. The van der Waals surface area contributed by atoms with Crippen molar-refractivity contribution in [3.05, 3.63) is 29.8 Å². The maximum absolute atomic E-state index is 11.7. The molecule has 2 unspecified atom stereocenters. The van der Waals surface area contributed by atoms with Crippen LogP contribution in [-0.2, 0) is 4.79 Å². The van der Waals surface area contributed by atoms with E-state index in [4.69, 9.17) is 16.3 Å². The van der Waals surface area contributed by atoms with E-state index in [1.54, 1.807) is 14.0 Å². The Labute approximate surface area is 107 Å². The highest BCUT2D eigenvalue weighted by Gasteiger charge is 2.15. The van der Waals surface area contributed by atoms with Gasteiger partial charge in [0.1, 0.15) is 5.75 Å². The highest BCUT2D eigenvalue weighted by Crippen LogP contribution is 2.19. The van der Waals surface area contributed by atoms with Gasteiger partial charge in [0.25, 0.3) is 0 Å². The molecule has 1 aromatic rings. The summed E-state index contributed by atoms with van der Waals surface area (Å²) in [5.41, 5.74) is 1.01. The normalized spacial score (nSPS) is 13.9. The van der Waals surface area contributed by atoms with Gasteiger partial charge in [0.05, 0.1) is 13.2 Å². The fraction of sp³-hybridized carbons (Fsp3) is 0.462. The lowest BCUT2D eigenvalue weighted by Crippen LogP contribution is -2.32. The van der Waals surface area contributed by atoms with Gasteiger partial charge in [-0.05, 0) is 24.6 Å². The van der Waals surface area contributed by atoms with Crippen LogP contribution in [0.3, 0.4) is 0 Å². The Hall–Kier alpha value is -1.22. The molecule has 0 fully saturated rings. The first-order chi connectivity index (χ1) is 8.08. The van der Waals surface area contributed by atoms with E-state index >= 15 is 0 Å². The smallest absolute Gasteiger partial charge is 0.224 e. The fourth-order valence-electron chi connectivity index (χ4n) is 1.42. The van der Waals surface area contributed by atoms with Crippen molar-refractivity contribution in [1.29, 1.82) is 0 Å². The first-order valence-corrected chi connectivity index (χ1v) is 6.12. The average Bonchev–Trinajstić information content (AvgIpc) is 2.37. The van der Waals surface area contributed by atoms with E-state index < -0.39 is 0 Å². The minimum Gasteiger partial charge on any atom is -0.497 e. The molecule has 1 amide bonds. The van der Waals surface area contributed by atoms with Crippen molar-refractivity contribution in [2.75, 3.05) is 13.0 Å². The number of benzene rings is 1. The molecular weight excluding hydrogens is 238 g/mol. The summed E-state index contributed by atoms with van der Waals surface area (Å²) >= 11 is 5.64. The van der Waals surface area contributed by atoms with E-state index in [-0.39, 0.29) is 17.9 Å². The summed E-state index contributed by atoms with van der Waals surface area (Å²) in [6.45, 7) is 3.74. The number of hydrogen-bond acceptors (Lipinski definition) is 2. The molecule has 4 heteroatoms. The van der Waals surface area contributed by atoms with Crippen molar-refractivity contribution < 1.29 is 9.53 Å². The standard InChI is InChI=1S/C13H18ClNO2/c1-9(8-14)13(16)15-10(2)11-5-4-6-12(7-11)17-3/h4-7,9-10H,8H2,1-3H3,(H,15,16). The molecule has 0 aliphatic rings. The molecule has 0 bridgehead atoms. The van der Waals surface area contributed by atoms with E-state index in [1.807, 2.05) is 31.2 Å². The van der Waals surface area contributed by atoms with Gasteiger partial charge in [0.2, 0.25) is 5.91 Å². The van der Waals surface area contributed by atoms with Crippen LogP contribution < -0.4 is 10.1 Å². The number of nitrogens with one attached hydrogen (secondary N) is 1. The van der Waals surface area contributed by atoms with Crippen molar-refractivity contribution in [2.45, 2.75) is 19.9 Å². The zero-order valence-corrected chi connectivity index (χ0v) is 11.1. The molecule has 1 N–H and O–H groups in total. The van der Waals surface area contributed by atoms with Gasteiger partial charge in [-0.15, -0.1) is 11.6 Å². The van der Waals surface area contributed by atoms with Crippen LogP contribution in [0.1, 0.15) is 25.5 Å². The third kappa shape index (κ3) is 3.93. The van der Waals surface area contributed by atoms with Gasteiger partial charge >= 0.3 is 0 Å². The van der Waals surface area contributed by atoms with E-state index in [0.717, 1.165) is 11.3 Å². The van der Waals surface area contributed by atoms with Gasteiger partial charge in [0, 0.05) is 11.8 Å². The minimum absolute atomic E-state index is 0.0321. The number of hydrogen-bond donors (Lipinski definition) is 1. The van der Waals surface area contributed by atoms with Crippen molar-refractivity contribution in [3.8, 4) is 5.75 Å². The number of alkyl halides is 1. The molecule has 0 heterocycles. The first kappa shape index (κ1) is 13.8. The van der Waals surface area contributed by atoms with Crippen LogP contribution in [0.2, 0.25) is 0 Å². The third-order valence-electron chi connectivity index (χ3n) is 2.63. The molecule has 3 nitrogen and oxygen atoms in total. The van der Waals surface area contributed by atoms with E-state index in [9.17, 15) is 4.79 Å². The Morgan fingerprint density at radius 2 is 2.18 bits per heavy atom. The number of rotatable bonds is 5. The fourth-order valence-corrected chi connectivity index (χ4v) is 1.56. The molecule has 0 spiro atoms. The number of amides is 1. The van der Waals surface area contributed by atoms with E-state index in [1.165, 1.54) is 0 Å². The van der Waals surface area contributed by atoms with Crippen molar-refractivity contribution in [1.82, 2.24) is 5.32 Å². The van der Waals surface area contributed by atoms with Gasteiger partial charge in [-0.2, -0.15) is 0 Å². The Morgan fingerprint density at radius 1 is 1.47 bits per heavy atom.